The number of hydrogen-bond donors (Lipinski definition) is 3. The zero-order valence-electron chi connectivity index (χ0n) is 10.0. The molecule has 1 amide bonds. The number of rotatable bonds is 4. The maximum absolute atomic E-state index is 11.7. The van der Waals surface area contributed by atoms with E-state index in [9.17, 15) is 4.79 Å². The Morgan fingerprint density at radius 3 is 2.65 bits per heavy atom. The molecule has 0 atom stereocenters. The van der Waals surface area contributed by atoms with Gasteiger partial charge in [0, 0.05) is 25.7 Å². The number of carbonyl (C=O) groups is 1. The number of benzene rings is 1. The van der Waals surface area contributed by atoms with Crippen LogP contribution in [0.15, 0.2) is 24.3 Å². The lowest BCUT2D eigenvalue weighted by Crippen LogP contribution is -2.38. The standard InChI is InChI=1S/C12H17N3OS/c1-9-4-3-5-10(8-9)11(16)14-6-7-15-12(17)13-2/h3-5,8H,6-7H2,1-2H3,(H,14,16)(H2,13,15,17). The Morgan fingerprint density at radius 1 is 1.29 bits per heavy atom. The van der Waals surface area contributed by atoms with Crippen LogP contribution in [0.25, 0.3) is 0 Å². The van der Waals surface area contributed by atoms with E-state index < -0.39 is 0 Å². The van der Waals surface area contributed by atoms with Crippen LogP contribution in [0.5, 0.6) is 0 Å². The second-order valence-corrected chi connectivity index (χ2v) is 4.04. The normalized spacial score (nSPS) is 9.53. The van der Waals surface area contributed by atoms with Crippen molar-refractivity contribution in [3.63, 3.8) is 0 Å². The van der Waals surface area contributed by atoms with Gasteiger partial charge in [0.25, 0.3) is 5.91 Å². The molecule has 0 heterocycles. The van der Waals surface area contributed by atoms with Crippen molar-refractivity contribution in [3.8, 4) is 0 Å². The van der Waals surface area contributed by atoms with Crippen LogP contribution < -0.4 is 16.0 Å². The van der Waals surface area contributed by atoms with Crippen LogP contribution in [-0.2, 0) is 0 Å². The second-order valence-electron chi connectivity index (χ2n) is 3.63. The Bertz CT molecular complexity index is 406. The first kappa shape index (κ1) is 13.4. The third-order valence-electron chi connectivity index (χ3n) is 2.20. The van der Waals surface area contributed by atoms with E-state index in [1.165, 1.54) is 0 Å². The highest BCUT2D eigenvalue weighted by Gasteiger charge is 2.03. The summed E-state index contributed by atoms with van der Waals surface area (Å²) in [6.45, 7) is 3.11. The molecule has 0 saturated carbocycles. The summed E-state index contributed by atoms with van der Waals surface area (Å²) in [5.41, 5.74) is 1.76. The third-order valence-corrected chi connectivity index (χ3v) is 2.55. The number of aryl methyl sites for hydroxylation is 1. The fourth-order valence-corrected chi connectivity index (χ4v) is 1.43. The minimum absolute atomic E-state index is 0.0640. The van der Waals surface area contributed by atoms with Gasteiger partial charge in [-0.15, -0.1) is 0 Å². The zero-order valence-corrected chi connectivity index (χ0v) is 10.9. The third kappa shape index (κ3) is 4.82. The molecule has 5 heteroatoms. The quantitative estimate of drug-likeness (QED) is 0.548. The van der Waals surface area contributed by atoms with Gasteiger partial charge < -0.3 is 16.0 Å². The van der Waals surface area contributed by atoms with Crippen LogP contribution in [-0.4, -0.2) is 31.2 Å². The molecule has 0 aromatic heterocycles. The summed E-state index contributed by atoms with van der Waals surface area (Å²) >= 11 is 4.91. The molecule has 0 fully saturated rings. The maximum atomic E-state index is 11.7. The van der Waals surface area contributed by atoms with Gasteiger partial charge in [-0.2, -0.15) is 0 Å². The zero-order chi connectivity index (χ0) is 12.7. The van der Waals surface area contributed by atoms with Gasteiger partial charge in [0.15, 0.2) is 5.11 Å². The fourth-order valence-electron chi connectivity index (χ4n) is 1.33. The van der Waals surface area contributed by atoms with E-state index in [0.29, 0.717) is 23.8 Å². The number of hydrogen-bond acceptors (Lipinski definition) is 2. The highest BCUT2D eigenvalue weighted by molar-refractivity contribution is 7.80. The predicted octanol–water partition coefficient (Wildman–Crippen LogP) is 0.819. The molecule has 0 bridgehead atoms. The topological polar surface area (TPSA) is 53.2 Å². The SMILES string of the molecule is CNC(=S)NCCNC(=O)c1cccc(C)c1. The van der Waals surface area contributed by atoms with Gasteiger partial charge in [0.1, 0.15) is 0 Å². The molecular formula is C12H17N3OS. The molecule has 0 spiro atoms. The monoisotopic (exact) mass is 251 g/mol. The van der Waals surface area contributed by atoms with E-state index in [2.05, 4.69) is 16.0 Å². The van der Waals surface area contributed by atoms with Gasteiger partial charge in [0.2, 0.25) is 0 Å². The molecule has 1 aromatic carbocycles. The van der Waals surface area contributed by atoms with Gasteiger partial charge in [-0.1, -0.05) is 17.7 Å². The Hall–Kier alpha value is -1.62. The molecule has 3 N–H and O–H groups in total. The maximum Gasteiger partial charge on any atom is 0.251 e. The van der Waals surface area contributed by atoms with Gasteiger partial charge in [0.05, 0.1) is 0 Å². The molecule has 0 aliphatic carbocycles. The van der Waals surface area contributed by atoms with Crippen molar-refractivity contribution in [3.05, 3.63) is 35.4 Å². The first-order valence-corrected chi connectivity index (χ1v) is 5.84. The summed E-state index contributed by atoms with van der Waals surface area (Å²) in [7, 11) is 1.75. The van der Waals surface area contributed by atoms with Crippen molar-refractivity contribution in [2.75, 3.05) is 20.1 Å². The average molecular weight is 251 g/mol. The van der Waals surface area contributed by atoms with Crippen molar-refractivity contribution in [1.82, 2.24) is 16.0 Å². The van der Waals surface area contributed by atoms with Crippen molar-refractivity contribution >= 4 is 23.2 Å². The van der Waals surface area contributed by atoms with Crippen LogP contribution in [0.2, 0.25) is 0 Å². The summed E-state index contributed by atoms with van der Waals surface area (Å²) < 4.78 is 0. The van der Waals surface area contributed by atoms with Gasteiger partial charge in [-0.3, -0.25) is 4.79 Å². The van der Waals surface area contributed by atoms with Crippen molar-refractivity contribution in [1.29, 1.82) is 0 Å². The first-order valence-electron chi connectivity index (χ1n) is 5.44. The molecule has 4 nitrogen and oxygen atoms in total. The van der Waals surface area contributed by atoms with Crippen LogP contribution >= 0.6 is 12.2 Å². The van der Waals surface area contributed by atoms with Crippen molar-refractivity contribution in [2.45, 2.75) is 6.92 Å². The van der Waals surface area contributed by atoms with Crippen molar-refractivity contribution < 1.29 is 4.79 Å². The number of amides is 1. The molecule has 0 saturated heterocycles. The molecule has 92 valence electrons. The van der Waals surface area contributed by atoms with E-state index in [4.69, 9.17) is 12.2 Å². The average Bonchev–Trinajstić information content (AvgIpc) is 2.34. The van der Waals surface area contributed by atoms with Gasteiger partial charge in [-0.25, -0.2) is 0 Å². The lowest BCUT2D eigenvalue weighted by atomic mass is 10.1. The van der Waals surface area contributed by atoms with Crippen LogP contribution in [0.3, 0.4) is 0 Å². The van der Waals surface area contributed by atoms with Crippen molar-refractivity contribution in [2.24, 2.45) is 0 Å². The van der Waals surface area contributed by atoms with Crippen LogP contribution in [0.4, 0.5) is 0 Å². The molecule has 1 aromatic rings. The molecule has 0 radical (unpaired) electrons. The van der Waals surface area contributed by atoms with E-state index in [1.54, 1.807) is 13.1 Å². The first-order chi connectivity index (χ1) is 8.13. The largest absolute Gasteiger partial charge is 0.366 e. The molecule has 0 aliphatic rings. The van der Waals surface area contributed by atoms with Crippen LogP contribution in [0, 0.1) is 6.92 Å². The predicted molar refractivity (Wildman–Crippen MR) is 73.2 cm³/mol. The fraction of sp³-hybridized carbons (Fsp3) is 0.333. The minimum atomic E-state index is -0.0640. The number of thiocarbonyl (C=S) groups is 1. The number of carbonyl (C=O) groups excluding carboxylic acids is 1. The summed E-state index contributed by atoms with van der Waals surface area (Å²) in [6, 6.07) is 7.50. The smallest absolute Gasteiger partial charge is 0.251 e. The lowest BCUT2D eigenvalue weighted by molar-refractivity contribution is 0.0954. The molecule has 0 aliphatic heterocycles. The summed E-state index contributed by atoms with van der Waals surface area (Å²) in [5.74, 6) is -0.0640. The van der Waals surface area contributed by atoms with E-state index in [0.717, 1.165) is 5.56 Å². The second kappa shape index (κ2) is 6.85. The lowest BCUT2D eigenvalue weighted by Gasteiger charge is -2.08. The summed E-state index contributed by atoms with van der Waals surface area (Å²) in [4.78, 5) is 11.7. The molecular weight excluding hydrogens is 234 g/mol. The van der Waals surface area contributed by atoms with Gasteiger partial charge >= 0.3 is 0 Å². The summed E-state index contributed by atoms with van der Waals surface area (Å²) in [6.07, 6.45) is 0. The highest BCUT2D eigenvalue weighted by Crippen LogP contribution is 2.03. The van der Waals surface area contributed by atoms with E-state index >= 15 is 0 Å². The Balaban J connectivity index is 2.33. The highest BCUT2D eigenvalue weighted by atomic mass is 32.1. The van der Waals surface area contributed by atoms with Crippen LogP contribution in [0.1, 0.15) is 15.9 Å². The molecule has 0 unspecified atom stereocenters. The summed E-state index contributed by atoms with van der Waals surface area (Å²) in [5, 5.41) is 9.15. The Labute approximate surface area is 107 Å². The van der Waals surface area contributed by atoms with Gasteiger partial charge in [-0.05, 0) is 31.3 Å². The van der Waals surface area contributed by atoms with E-state index in [-0.39, 0.29) is 5.91 Å². The minimum Gasteiger partial charge on any atom is -0.366 e. The van der Waals surface area contributed by atoms with E-state index in [1.807, 2.05) is 25.1 Å². The molecule has 1 rings (SSSR count). The Morgan fingerprint density at radius 2 is 2.00 bits per heavy atom. The Kier molecular flexibility index (Phi) is 5.42. The number of nitrogens with one attached hydrogen (secondary N) is 3. The molecule has 17 heavy (non-hydrogen) atoms.